The Morgan fingerprint density at radius 2 is 2.08 bits per heavy atom. The highest BCUT2D eigenvalue weighted by molar-refractivity contribution is 5.06. The van der Waals surface area contributed by atoms with Crippen molar-refractivity contribution in [2.75, 3.05) is 13.2 Å². The second-order valence-corrected chi connectivity index (χ2v) is 3.89. The molecule has 2 rings (SSSR count). The minimum Gasteiger partial charge on any atom is -0.393 e. The van der Waals surface area contributed by atoms with E-state index in [4.69, 9.17) is 9.84 Å². The second-order valence-electron chi connectivity index (χ2n) is 3.89. The summed E-state index contributed by atoms with van der Waals surface area (Å²) < 4.78 is 5.18. The minimum absolute atomic E-state index is 0.277. The van der Waals surface area contributed by atoms with E-state index in [1.165, 1.54) is 0 Å². The highest BCUT2D eigenvalue weighted by Gasteiger charge is 2.56. The summed E-state index contributed by atoms with van der Waals surface area (Å²) in [6.45, 7) is -0.262. The van der Waals surface area contributed by atoms with Crippen LogP contribution in [0.2, 0.25) is 0 Å². The Hall–Kier alpha value is -0.200. The molecule has 0 aromatic rings. The minimum atomic E-state index is -1.60. The first kappa shape index (κ1) is 9.36. The third-order valence-corrected chi connectivity index (χ3v) is 3.21. The zero-order chi connectivity index (χ0) is 9.64. The number of rotatable bonds is 1. The molecule has 0 spiro atoms. The highest BCUT2D eigenvalue weighted by Crippen LogP contribution is 2.40. The molecule has 76 valence electrons. The topological polar surface area (TPSA) is 90.2 Å². The third-order valence-electron chi connectivity index (χ3n) is 3.21. The zero-order valence-corrected chi connectivity index (χ0v) is 7.13. The molecule has 1 heterocycles. The van der Waals surface area contributed by atoms with Gasteiger partial charge in [0.25, 0.3) is 0 Å². The van der Waals surface area contributed by atoms with Gasteiger partial charge in [0.2, 0.25) is 0 Å². The molecule has 0 aromatic carbocycles. The Bertz CT molecular complexity index is 209. The van der Waals surface area contributed by atoms with Crippen LogP contribution in [0, 0.1) is 5.92 Å². The molecule has 2 aliphatic rings. The lowest BCUT2D eigenvalue weighted by molar-refractivity contribution is -0.192. The van der Waals surface area contributed by atoms with Gasteiger partial charge in [-0.05, 0) is 6.42 Å². The molecule has 1 aliphatic carbocycles. The molecule has 0 amide bonds. The smallest absolute Gasteiger partial charge is 0.121 e. The molecular formula is C8H14O5. The summed E-state index contributed by atoms with van der Waals surface area (Å²) in [5, 5.41) is 37.9. The monoisotopic (exact) mass is 190 g/mol. The number of aliphatic hydroxyl groups is 4. The maximum absolute atomic E-state index is 9.87. The van der Waals surface area contributed by atoms with Crippen molar-refractivity contribution in [1.29, 1.82) is 0 Å². The van der Waals surface area contributed by atoms with Crippen molar-refractivity contribution in [1.82, 2.24) is 0 Å². The van der Waals surface area contributed by atoms with Crippen molar-refractivity contribution in [3.63, 3.8) is 0 Å². The first-order valence-corrected chi connectivity index (χ1v) is 4.40. The van der Waals surface area contributed by atoms with Crippen LogP contribution in [0.3, 0.4) is 0 Å². The number of ether oxygens (including phenoxy) is 1. The molecule has 2 fully saturated rings. The summed E-state index contributed by atoms with van der Waals surface area (Å²) in [6, 6.07) is 0. The van der Waals surface area contributed by atoms with E-state index < -0.39 is 30.5 Å². The van der Waals surface area contributed by atoms with Crippen LogP contribution in [0.5, 0.6) is 0 Å². The molecule has 4 N–H and O–H groups in total. The molecule has 2 bridgehead atoms. The number of fused-ring (bicyclic) bond motifs is 2. The Kier molecular flexibility index (Phi) is 2.08. The molecule has 5 atom stereocenters. The van der Waals surface area contributed by atoms with Crippen molar-refractivity contribution < 1.29 is 25.2 Å². The Balaban J connectivity index is 2.27. The Morgan fingerprint density at radius 1 is 1.38 bits per heavy atom. The van der Waals surface area contributed by atoms with E-state index in [1.807, 2.05) is 0 Å². The van der Waals surface area contributed by atoms with Gasteiger partial charge < -0.3 is 25.2 Å². The molecule has 1 saturated carbocycles. The fourth-order valence-electron chi connectivity index (χ4n) is 2.21. The largest absolute Gasteiger partial charge is 0.393 e. The maximum Gasteiger partial charge on any atom is 0.121 e. The second kappa shape index (κ2) is 2.90. The fourth-order valence-corrected chi connectivity index (χ4v) is 2.21. The van der Waals surface area contributed by atoms with Crippen molar-refractivity contribution in [3.8, 4) is 0 Å². The summed E-state index contributed by atoms with van der Waals surface area (Å²) in [4.78, 5) is 0. The van der Waals surface area contributed by atoms with Gasteiger partial charge in [0, 0.05) is 5.92 Å². The van der Waals surface area contributed by atoms with Gasteiger partial charge in [-0.1, -0.05) is 0 Å². The lowest BCUT2D eigenvalue weighted by Crippen LogP contribution is -2.61. The van der Waals surface area contributed by atoms with Gasteiger partial charge in [-0.15, -0.1) is 0 Å². The standard InChI is InChI=1S/C8H14O5/c9-3-8(12)4-1-5(13-2-4)6(10)7(8)11/h4-7,9-12H,1-3H2/t4-,5-,6+,7+,8+/m0/s1. The Labute approximate surface area is 75.6 Å². The van der Waals surface area contributed by atoms with Gasteiger partial charge in [0.05, 0.1) is 19.3 Å². The molecule has 0 aromatic heterocycles. The van der Waals surface area contributed by atoms with E-state index in [-0.39, 0.29) is 12.5 Å². The molecule has 5 heteroatoms. The van der Waals surface area contributed by atoms with E-state index >= 15 is 0 Å². The molecule has 1 aliphatic heterocycles. The lowest BCUT2D eigenvalue weighted by Gasteiger charge is -2.41. The van der Waals surface area contributed by atoms with Crippen LogP contribution in [0.4, 0.5) is 0 Å². The van der Waals surface area contributed by atoms with E-state index in [0.29, 0.717) is 6.42 Å². The lowest BCUT2D eigenvalue weighted by atomic mass is 9.73. The molecule has 0 unspecified atom stereocenters. The van der Waals surface area contributed by atoms with Crippen LogP contribution in [0.1, 0.15) is 6.42 Å². The summed E-state index contributed by atoms with van der Waals surface area (Å²) in [6.07, 6.45) is -2.32. The van der Waals surface area contributed by atoms with Gasteiger partial charge in [0.1, 0.15) is 17.8 Å². The van der Waals surface area contributed by atoms with Crippen LogP contribution in [-0.2, 0) is 4.74 Å². The van der Waals surface area contributed by atoms with Crippen molar-refractivity contribution in [2.24, 2.45) is 5.92 Å². The Morgan fingerprint density at radius 3 is 2.69 bits per heavy atom. The number of hydrogen-bond acceptors (Lipinski definition) is 5. The first-order chi connectivity index (χ1) is 6.09. The highest BCUT2D eigenvalue weighted by atomic mass is 16.5. The molecular weight excluding hydrogens is 176 g/mol. The van der Waals surface area contributed by atoms with Gasteiger partial charge in [-0.25, -0.2) is 0 Å². The quantitative estimate of drug-likeness (QED) is 0.378. The van der Waals surface area contributed by atoms with Crippen molar-refractivity contribution >= 4 is 0 Å². The summed E-state index contributed by atoms with van der Waals surface area (Å²) in [5.74, 6) is -0.277. The summed E-state index contributed by atoms with van der Waals surface area (Å²) in [7, 11) is 0. The normalized spacial score (nSPS) is 55.4. The van der Waals surface area contributed by atoms with Crippen molar-refractivity contribution in [2.45, 2.75) is 30.3 Å². The number of aliphatic hydroxyl groups excluding tert-OH is 3. The van der Waals surface area contributed by atoms with Crippen LogP contribution in [0.15, 0.2) is 0 Å². The van der Waals surface area contributed by atoms with Gasteiger partial charge >= 0.3 is 0 Å². The summed E-state index contributed by atoms with van der Waals surface area (Å²) in [5.41, 5.74) is -1.60. The first-order valence-electron chi connectivity index (χ1n) is 4.40. The fraction of sp³-hybridized carbons (Fsp3) is 1.00. The maximum atomic E-state index is 9.87. The van der Waals surface area contributed by atoms with Crippen LogP contribution in [0.25, 0.3) is 0 Å². The molecule has 1 saturated heterocycles. The van der Waals surface area contributed by atoms with Gasteiger partial charge in [-0.3, -0.25) is 0 Å². The van der Waals surface area contributed by atoms with Crippen molar-refractivity contribution in [3.05, 3.63) is 0 Å². The number of hydrogen-bond donors (Lipinski definition) is 4. The van der Waals surface area contributed by atoms with Crippen LogP contribution in [-0.4, -0.2) is 57.6 Å². The van der Waals surface area contributed by atoms with E-state index in [1.54, 1.807) is 0 Å². The van der Waals surface area contributed by atoms with Crippen LogP contribution < -0.4 is 0 Å². The zero-order valence-electron chi connectivity index (χ0n) is 7.13. The molecule has 0 radical (unpaired) electrons. The SMILES string of the molecule is OC[C@@]1(O)[C@@H]2CO[C@@H](C2)[C@@H](O)[C@H]1O. The third kappa shape index (κ3) is 1.12. The summed E-state index contributed by atoms with van der Waals surface area (Å²) >= 11 is 0. The predicted molar refractivity (Wildman–Crippen MR) is 41.9 cm³/mol. The predicted octanol–water partition coefficient (Wildman–Crippen LogP) is -2.15. The van der Waals surface area contributed by atoms with Crippen LogP contribution >= 0.6 is 0 Å². The average molecular weight is 190 g/mol. The van der Waals surface area contributed by atoms with E-state index in [0.717, 1.165) is 0 Å². The average Bonchev–Trinajstić information content (AvgIpc) is 2.59. The molecule has 5 nitrogen and oxygen atoms in total. The van der Waals surface area contributed by atoms with E-state index in [9.17, 15) is 15.3 Å². The van der Waals surface area contributed by atoms with Gasteiger partial charge in [-0.2, -0.15) is 0 Å². The van der Waals surface area contributed by atoms with Gasteiger partial charge in [0.15, 0.2) is 0 Å². The van der Waals surface area contributed by atoms with E-state index in [2.05, 4.69) is 0 Å². The molecule has 13 heavy (non-hydrogen) atoms.